The fourth-order valence-electron chi connectivity index (χ4n) is 2.45. The number of aromatic hydroxyl groups is 1. The van der Waals surface area contributed by atoms with Gasteiger partial charge < -0.3 is 19.9 Å². The van der Waals surface area contributed by atoms with Crippen LogP contribution in [0.4, 0.5) is 11.5 Å². The number of phenolic OH excluding ortho intramolecular Hbond substituents is 1. The molecule has 0 atom stereocenters. The first-order chi connectivity index (χ1) is 10.7. The Balaban J connectivity index is 1.82. The maximum absolute atomic E-state index is 9.93. The molecule has 4 rings (SSSR count). The zero-order valence-corrected chi connectivity index (χ0v) is 11.8. The zero-order valence-electron chi connectivity index (χ0n) is 11.8. The molecule has 0 fully saturated rings. The summed E-state index contributed by atoms with van der Waals surface area (Å²) in [7, 11) is 0. The largest absolute Gasteiger partial charge is 0.508 e. The quantitative estimate of drug-likeness (QED) is 0.756. The summed E-state index contributed by atoms with van der Waals surface area (Å²) < 4.78 is 10.8. The van der Waals surface area contributed by atoms with E-state index in [0.29, 0.717) is 17.3 Å². The lowest BCUT2D eigenvalue weighted by molar-refractivity contribution is 0.174. The van der Waals surface area contributed by atoms with Crippen molar-refractivity contribution in [3.63, 3.8) is 0 Å². The van der Waals surface area contributed by atoms with Gasteiger partial charge in [-0.25, -0.2) is 9.97 Å². The Hall–Kier alpha value is -3.02. The predicted octanol–water partition coefficient (Wildman–Crippen LogP) is 3.12. The minimum absolute atomic E-state index is 0.207. The van der Waals surface area contributed by atoms with Crippen LogP contribution in [0.3, 0.4) is 0 Å². The second-order valence-electron chi connectivity index (χ2n) is 5.04. The number of anilines is 2. The fourth-order valence-corrected chi connectivity index (χ4v) is 2.45. The van der Waals surface area contributed by atoms with Gasteiger partial charge in [0.1, 0.15) is 17.9 Å². The van der Waals surface area contributed by atoms with Crippen LogP contribution in [0.15, 0.2) is 36.7 Å². The molecule has 0 radical (unpaired) electrons. The van der Waals surface area contributed by atoms with Crippen LogP contribution in [0.25, 0.3) is 10.9 Å². The van der Waals surface area contributed by atoms with E-state index in [1.54, 1.807) is 6.07 Å². The highest BCUT2D eigenvalue weighted by Gasteiger charge is 2.18. The molecule has 0 amide bonds. The molecule has 6 nitrogen and oxygen atoms in total. The molecule has 2 heterocycles. The van der Waals surface area contributed by atoms with Crippen molar-refractivity contribution in [3.8, 4) is 17.2 Å². The van der Waals surface area contributed by atoms with Gasteiger partial charge in [-0.15, -0.1) is 0 Å². The molecular formula is C16H13N3O3. The number of aromatic nitrogens is 2. The van der Waals surface area contributed by atoms with Crippen molar-refractivity contribution < 1.29 is 14.6 Å². The summed E-state index contributed by atoms with van der Waals surface area (Å²) in [6.07, 6.45) is 1.49. The van der Waals surface area contributed by atoms with Crippen molar-refractivity contribution in [2.75, 3.05) is 12.1 Å². The molecular weight excluding hydrogens is 282 g/mol. The number of nitrogens with zero attached hydrogens (tertiary/aromatic N) is 2. The first-order valence-corrected chi connectivity index (χ1v) is 6.82. The van der Waals surface area contributed by atoms with E-state index in [2.05, 4.69) is 15.3 Å². The molecule has 6 heteroatoms. The Morgan fingerprint density at radius 1 is 1.18 bits per heavy atom. The molecule has 110 valence electrons. The van der Waals surface area contributed by atoms with Crippen LogP contribution >= 0.6 is 0 Å². The van der Waals surface area contributed by atoms with E-state index in [4.69, 9.17) is 9.47 Å². The van der Waals surface area contributed by atoms with E-state index in [0.717, 1.165) is 22.2 Å². The average Bonchev–Trinajstić information content (AvgIpc) is 2.99. The molecule has 0 unspecified atom stereocenters. The summed E-state index contributed by atoms with van der Waals surface area (Å²) in [4.78, 5) is 8.51. The van der Waals surface area contributed by atoms with Gasteiger partial charge in [0.05, 0.1) is 11.2 Å². The number of fused-ring (bicyclic) bond motifs is 2. The molecule has 1 aromatic heterocycles. The molecule has 0 saturated heterocycles. The molecule has 0 aliphatic carbocycles. The molecule has 0 bridgehead atoms. The fraction of sp³-hybridized carbons (Fsp3) is 0.125. The Morgan fingerprint density at radius 2 is 2.09 bits per heavy atom. The highest BCUT2D eigenvalue weighted by molar-refractivity contribution is 5.92. The Kier molecular flexibility index (Phi) is 2.75. The van der Waals surface area contributed by atoms with Gasteiger partial charge in [-0.2, -0.15) is 0 Å². The van der Waals surface area contributed by atoms with Crippen LogP contribution in [0.1, 0.15) is 5.56 Å². The van der Waals surface area contributed by atoms with Gasteiger partial charge in [-0.05, 0) is 36.8 Å². The lowest BCUT2D eigenvalue weighted by Crippen LogP contribution is -1.98. The molecule has 2 N–H and O–H groups in total. The van der Waals surface area contributed by atoms with Crippen LogP contribution in [0.2, 0.25) is 0 Å². The lowest BCUT2D eigenvalue weighted by atomic mass is 10.1. The maximum atomic E-state index is 9.93. The van der Waals surface area contributed by atoms with Gasteiger partial charge >= 0.3 is 0 Å². The van der Waals surface area contributed by atoms with Crippen LogP contribution in [0, 0.1) is 6.92 Å². The summed E-state index contributed by atoms with van der Waals surface area (Å²) >= 11 is 0. The molecule has 1 aliphatic rings. The van der Waals surface area contributed by atoms with E-state index in [1.165, 1.54) is 6.33 Å². The monoisotopic (exact) mass is 295 g/mol. The Labute approximate surface area is 126 Å². The van der Waals surface area contributed by atoms with E-state index < -0.39 is 0 Å². The minimum Gasteiger partial charge on any atom is -0.508 e. The standard InChI is InChI=1S/C16H13N3O3/c1-9-5-12-10(6-13(9)20)16(18-7-17-12)19-11-3-2-4-14-15(11)22-8-21-14/h2-7,20H,8H2,1H3,(H,17,18,19). The summed E-state index contributed by atoms with van der Waals surface area (Å²) in [5.74, 6) is 2.17. The minimum atomic E-state index is 0.207. The molecule has 1 aliphatic heterocycles. The van der Waals surface area contributed by atoms with E-state index in [-0.39, 0.29) is 12.5 Å². The first-order valence-electron chi connectivity index (χ1n) is 6.82. The summed E-state index contributed by atoms with van der Waals surface area (Å²) in [5, 5.41) is 13.9. The van der Waals surface area contributed by atoms with E-state index >= 15 is 0 Å². The van der Waals surface area contributed by atoms with E-state index in [9.17, 15) is 5.11 Å². The third-order valence-electron chi connectivity index (χ3n) is 3.60. The number of benzene rings is 2. The van der Waals surface area contributed by atoms with Crippen molar-refractivity contribution in [2.45, 2.75) is 6.92 Å². The van der Waals surface area contributed by atoms with Gasteiger partial charge in [0.25, 0.3) is 0 Å². The summed E-state index contributed by atoms with van der Waals surface area (Å²) in [5.41, 5.74) is 2.29. The predicted molar refractivity (Wildman–Crippen MR) is 81.8 cm³/mol. The van der Waals surface area contributed by atoms with Crippen molar-refractivity contribution in [1.82, 2.24) is 9.97 Å². The highest BCUT2D eigenvalue weighted by atomic mass is 16.7. The zero-order chi connectivity index (χ0) is 15.1. The van der Waals surface area contributed by atoms with Crippen LogP contribution < -0.4 is 14.8 Å². The van der Waals surface area contributed by atoms with Crippen LogP contribution in [-0.4, -0.2) is 21.9 Å². The molecule has 22 heavy (non-hydrogen) atoms. The van der Waals surface area contributed by atoms with Crippen molar-refractivity contribution in [2.24, 2.45) is 0 Å². The van der Waals surface area contributed by atoms with Crippen molar-refractivity contribution >= 4 is 22.4 Å². The topological polar surface area (TPSA) is 76.5 Å². The first kappa shape index (κ1) is 12.7. The average molecular weight is 295 g/mol. The summed E-state index contributed by atoms with van der Waals surface area (Å²) in [6.45, 7) is 2.04. The third kappa shape index (κ3) is 1.96. The van der Waals surface area contributed by atoms with Crippen LogP contribution in [-0.2, 0) is 0 Å². The highest BCUT2D eigenvalue weighted by Crippen LogP contribution is 2.40. The van der Waals surface area contributed by atoms with Gasteiger partial charge in [0, 0.05) is 5.39 Å². The van der Waals surface area contributed by atoms with Gasteiger partial charge in [0.2, 0.25) is 6.79 Å². The summed E-state index contributed by atoms with van der Waals surface area (Å²) in [6, 6.07) is 9.09. The number of nitrogens with one attached hydrogen (secondary N) is 1. The smallest absolute Gasteiger partial charge is 0.231 e. The number of aryl methyl sites for hydroxylation is 1. The molecule has 3 aromatic rings. The SMILES string of the molecule is Cc1cc2ncnc(Nc3cccc4c3OCO4)c2cc1O. The van der Waals surface area contributed by atoms with Gasteiger partial charge in [-0.3, -0.25) is 0 Å². The molecule has 0 spiro atoms. The lowest BCUT2D eigenvalue weighted by Gasteiger charge is -2.11. The van der Waals surface area contributed by atoms with Gasteiger partial charge in [-0.1, -0.05) is 6.07 Å². The van der Waals surface area contributed by atoms with E-state index in [1.807, 2.05) is 31.2 Å². The van der Waals surface area contributed by atoms with Gasteiger partial charge in [0.15, 0.2) is 11.5 Å². The van der Waals surface area contributed by atoms with Crippen molar-refractivity contribution in [1.29, 1.82) is 0 Å². The Bertz CT molecular complexity index is 880. The number of ether oxygens (including phenoxy) is 2. The number of rotatable bonds is 2. The second kappa shape index (κ2) is 4.77. The molecule has 0 saturated carbocycles. The number of para-hydroxylation sites is 1. The normalized spacial score (nSPS) is 12.6. The number of hydrogen-bond acceptors (Lipinski definition) is 6. The van der Waals surface area contributed by atoms with Crippen molar-refractivity contribution in [3.05, 3.63) is 42.2 Å². The number of hydrogen-bond donors (Lipinski definition) is 2. The number of phenols is 1. The Morgan fingerprint density at radius 3 is 3.00 bits per heavy atom. The third-order valence-corrected chi connectivity index (χ3v) is 3.60. The van der Waals surface area contributed by atoms with Crippen LogP contribution in [0.5, 0.6) is 17.2 Å². The maximum Gasteiger partial charge on any atom is 0.231 e. The molecule has 2 aromatic carbocycles. The second-order valence-corrected chi connectivity index (χ2v) is 5.04.